The van der Waals surface area contributed by atoms with Gasteiger partial charge in [0.15, 0.2) is 0 Å². The number of nitrogens with one attached hydrogen (secondary N) is 2. The molecule has 2 aromatic carbocycles. The summed E-state index contributed by atoms with van der Waals surface area (Å²) in [4.78, 5) is 29.4. The molecule has 2 aromatic rings. The van der Waals surface area contributed by atoms with Gasteiger partial charge in [0.25, 0.3) is 11.8 Å². The second-order valence-corrected chi connectivity index (χ2v) is 6.27. The highest BCUT2D eigenvalue weighted by atomic mass is 16.2. The van der Waals surface area contributed by atoms with Gasteiger partial charge in [-0.3, -0.25) is 9.59 Å². The fourth-order valence-electron chi connectivity index (χ4n) is 2.86. The Kier molecular flexibility index (Phi) is 5.97. The Morgan fingerprint density at radius 3 is 2.39 bits per heavy atom. The van der Waals surface area contributed by atoms with Gasteiger partial charge in [-0.15, -0.1) is 0 Å². The third kappa shape index (κ3) is 3.99. The van der Waals surface area contributed by atoms with Crippen LogP contribution in [0.1, 0.15) is 41.3 Å². The van der Waals surface area contributed by atoms with Crippen LogP contribution in [0, 0.1) is 11.3 Å². The van der Waals surface area contributed by atoms with E-state index in [2.05, 4.69) is 15.6 Å². The standard InChI is InChI=1S/C22H20N4O2/c1-2-3-13-24-22(28)18(14-23)19-16-11-7-8-12-17(16)20(25-19)26-21(27)15-9-5-4-6-10-15/h4-12H,2-3,13H2,1H3,(H,24,28)(H,25,26,27)/b19-18-. The Bertz CT molecular complexity index is 1000. The molecule has 3 rings (SSSR count). The molecule has 6 heteroatoms. The predicted molar refractivity (Wildman–Crippen MR) is 107 cm³/mol. The number of fused-ring (bicyclic) bond motifs is 1. The van der Waals surface area contributed by atoms with Crippen LogP contribution in [0.15, 0.2) is 65.2 Å². The van der Waals surface area contributed by atoms with Gasteiger partial charge >= 0.3 is 0 Å². The lowest BCUT2D eigenvalue weighted by Crippen LogP contribution is -2.30. The van der Waals surface area contributed by atoms with E-state index in [0.29, 0.717) is 29.1 Å². The van der Waals surface area contributed by atoms with Crippen molar-refractivity contribution in [3.8, 4) is 6.07 Å². The van der Waals surface area contributed by atoms with E-state index < -0.39 is 5.91 Å². The lowest BCUT2D eigenvalue weighted by atomic mass is 10.0. The second kappa shape index (κ2) is 8.78. The fourth-order valence-corrected chi connectivity index (χ4v) is 2.86. The normalized spacial score (nSPS) is 13.8. The van der Waals surface area contributed by atoms with Crippen LogP contribution in [-0.4, -0.2) is 24.2 Å². The second-order valence-electron chi connectivity index (χ2n) is 6.27. The van der Waals surface area contributed by atoms with Gasteiger partial charge in [0, 0.05) is 23.2 Å². The molecule has 2 N–H and O–H groups in total. The molecule has 0 spiro atoms. The average Bonchev–Trinajstić information content (AvgIpc) is 3.08. The van der Waals surface area contributed by atoms with Gasteiger partial charge in [-0.2, -0.15) is 5.26 Å². The number of amides is 2. The Morgan fingerprint density at radius 1 is 1.04 bits per heavy atom. The molecule has 0 bridgehead atoms. The topological polar surface area (TPSA) is 94.3 Å². The zero-order chi connectivity index (χ0) is 19.9. The summed E-state index contributed by atoms with van der Waals surface area (Å²) >= 11 is 0. The van der Waals surface area contributed by atoms with Crippen molar-refractivity contribution in [2.45, 2.75) is 19.8 Å². The van der Waals surface area contributed by atoms with Crippen LogP contribution < -0.4 is 10.6 Å². The first-order valence-electron chi connectivity index (χ1n) is 9.13. The van der Waals surface area contributed by atoms with Crippen LogP contribution >= 0.6 is 0 Å². The highest BCUT2D eigenvalue weighted by molar-refractivity contribution is 6.20. The molecule has 0 atom stereocenters. The van der Waals surface area contributed by atoms with Gasteiger partial charge in [-0.1, -0.05) is 55.8 Å². The third-order valence-corrected chi connectivity index (χ3v) is 4.32. The van der Waals surface area contributed by atoms with Gasteiger partial charge < -0.3 is 10.6 Å². The number of carbonyl (C=O) groups is 2. The van der Waals surface area contributed by atoms with Crippen LogP contribution in [0.4, 0.5) is 0 Å². The van der Waals surface area contributed by atoms with Crippen molar-refractivity contribution in [2.75, 3.05) is 6.54 Å². The maximum absolute atomic E-state index is 12.5. The van der Waals surface area contributed by atoms with E-state index in [1.807, 2.05) is 25.1 Å². The average molecular weight is 372 g/mol. The molecular formula is C22H20N4O2. The minimum atomic E-state index is -0.458. The monoisotopic (exact) mass is 372 g/mol. The number of carbonyl (C=O) groups excluding carboxylic acids is 2. The summed E-state index contributed by atoms with van der Waals surface area (Å²) in [5.74, 6) is -0.435. The number of rotatable bonds is 5. The fraction of sp³-hybridized carbons (Fsp3) is 0.182. The summed E-state index contributed by atoms with van der Waals surface area (Å²) in [6.45, 7) is 2.52. The van der Waals surface area contributed by atoms with Crippen molar-refractivity contribution in [2.24, 2.45) is 4.99 Å². The maximum atomic E-state index is 12.5. The van der Waals surface area contributed by atoms with Crippen LogP contribution in [-0.2, 0) is 4.79 Å². The molecule has 1 aliphatic heterocycles. The van der Waals surface area contributed by atoms with Gasteiger partial charge in [-0.25, -0.2) is 4.99 Å². The molecule has 0 aliphatic carbocycles. The molecule has 1 aliphatic rings. The first kappa shape index (κ1) is 19.1. The summed E-state index contributed by atoms with van der Waals surface area (Å²) in [6, 6.07) is 18.0. The highest BCUT2D eigenvalue weighted by Crippen LogP contribution is 2.30. The van der Waals surface area contributed by atoms with Crippen molar-refractivity contribution in [1.82, 2.24) is 10.6 Å². The van der Waals surface area contributed by atoms with Crippen LogP contribution in [0.5, 0.6) is 0 Å². The smallest absolute Gasteiger partial charge is 0.264 e. The van der Waals surface area contributed by atoms with E-state index in [0.717, 1.165) is 12.8 Å². The third-order valence-electron chi connectivity index (χ3n) is 4.32. The summed E-state index contributed by atoms with van der Waals surface area (Å²) in [7, 11) is 0. The predicted octanol–water partition coefficient (Wildman–Crippen LogP) is 3.03. The number of hydrogen-bond donors (Lipinski definition) is 2. The maximum Gasteiger partial charge on any atom is 0.264 e. The van der Waals surface area contributed by atoms with Crippen LogP contribution in [0.3, 0.4) is 0 Å². The number of unbranched alkanes of at least 4 members (excludes halogenated alkanes) is 1. The van der Waals surface area contributed by atoms with E-state index in [4.69, 9.17) is 0 Å². The van der Waals surface area contributed by atoms with Crippen molar-refractivity contribution < 1.29 is 9.59 Å². The van der Waals surface area contributed by atoms with Gasteiger partial charge in [0.2, 0.25) is 0 Å². The Morgan fingerprint density at radius 2 is 1.71 bits per heavy atom. The summed E-state index contributed by atoms with van der Waals surface area (Å²) in [5, 5.41) is 15.1. The van der Waals surface area contributed by atoms with E-state index in [1.54, 1.807) is 42.5 Å². The van der Waals surface area contributed by atoms with E-state index >= 15 is 0 Å². The number of benzene rings is 2. The molecule has 2 amide bonds. The first-order valence-corrected chi connectivity index (χ1v) is 9.13. The summed E-state index contributed by atoms with van der Waals surface area (Å²) in [6.07, 6.45) is 1.77. The van der Waals surface area contributed by atoms with Gasteiger partial charge in [0.05, 0.1) is 5.70 Å². The quantitative estimate of drug-likeness (QED) is 0.480. The zero-order valence-electron chi connectivity index (χ0n) is 15.5. The Labute approximate surface area is 163 Å². The molecule has 0 saturated heterocycles. The van der Waals surface area contributed by atoms with Gasteiger partial charge in [0.1, 0.15) is 17.5 Å². The summed E-state index contributed by atoms with van der Waals surface area (Å²) < 4.78 is 0. The van der Waals surface area contributed by atoms with Crippen molar-refractivity contribution in [3.05, 3.63) is 76.9 Å². The SMILES string of the molecule is CCCCNC(=O)/C(C#N)=C1\N=C(NC(=O)c2ccccc2)c2ccccc21. The number of nitrogens with zero attached hydrogens (tertiary/aromatic N) is 2. The molecule has 0 unspecified atom stereocenters. The van der Waals surface area contributed by atoms with Crippen molar-refractivity contribution in [3.63, 3.8) is 0 Å². The van der Waals surface area contributed by atoms with Crippen molar-refractivity contribution >= 4 is 23.3 Å². The lowest BCUT2D eigenvalue weighted by molar-refractivity contribution is -0.117. The van der Waals surface area contributed by atoms with Crippen molar-refractivity contribution in [1.29, 1.82) is 5.26 Å². The molecule has 140 valence electrons. The molecule has 0 radical (unpaired) electrons. The lowest BCUT2D eigenvalue weighted by Gasteiger charge is -2.06. The molecular weight excluding hydrogens is 352 g/mol. The minimum absolute atomic E-state index is 0.0625. The minimum Gasteiger partial charge on any atom is -0.351 e. The van der Waals surface area contributed by atoms with Gasteiger partial charge in [-0.05, 0) is 18.6 Å². The zero-order valence-corrected chi connectivity index (χ0v) is 15.5. The first-order chi connectivity index (χ1) is 13.7. The Hall–Kier alpha value is -3.72. The van der Waals surface area contributed by atoms with Crippen LogP contribution in [0.25, 0.3) is 5.70 Å². The number of aliphatic imine (C=N–C) groups is 1. The Balaban J connectivity index is 1.95. The highest BCUT2D eigenvalue weighted by Gasteiger charge is 2.27. The molecule has 28 heavy (non-hydrogen) atoms. The number of nitriles is 1. The number of hydrogen-bond acceptors (Lipinski definition) is 4. The van der Waals surface area contributed by atoms with E-state index in [-0.39, 0.29) is 17.2 Å². The van der Waals surface area contributed by atoms with Crippen LogP contribution in [0.2, 0.25) is 0 Å². The molecule has 0 saturated carbocycles. The number of amidine groups is 1. The molecule has 1 heterocycles. The molecule has 0 fully saturated rings. The molecule has 0 aromatic heterocycles. The summed E-state index contributed by atoms with van der Waals surface area (Å²) in [5.41, 5.74) is 2.03. The van der Waals surface area contributed by atoms with E-state index in [9.17, 15) is 14.9 Å². The molecule has 6 nitrogen and oxygen atoms in total. The largest absolute Gasteiger partial charge is 0.351 e. The van der Waals surface area contributed by atoms with E-state index in [1.165, 1.54) is 0 Å².